The number of amides is 1. The van der Waals surface area contributed by atoms with Crippen LogP contribution in [0.4, 0.5) is 5.69 Å². The Morgan fingerprint density at radius 1 is 1.17 bits per heavy atom. The number of nitrogens with one attached hydrogen (secondary N) is 1. The zero-order valence-electron chi connectivity index (χ0n) is 20.3. The summed E-state index contributed by atoms with van der Waals surface area (Å²) in [5.74, 6) is 0.795. The fourth-order valence-corrected chi connectivity index (χ4v) is 6.95. The summed E-state index contributed by atoms with van der Waals surface area (Å²) < 4.78 is 33.2. The number of pyridine rings is 1. The van der Waals surface area contributed by atoms with E-state index in [1.807, 2.05) is 38.1 Å². The van der Waals surface area contributed by atoms with Crippen molar-refractivity contribution in [3.05, 3.63) is 54.1 Å². The van der Waals surface area contributed by atoms with Crippen LogP contribution in [0.25, 0.3) is 10.9 Å². The van der Waals surface area contributed by atoms with Crippen molar-refractivity contribution in [2.24, 2.45) is 0 Å². The minimum atomic E-state index is -3.54. The summed E-state index contributed by atoms with van der Waals surface area (Å²) in [5, 5.41) is 4.63. The monoisotopic (exact) mass is 513 g/mol. The molecule has 2 heterocycles. The third-order valence-electron chi connectivity index (χ3n) is 6.30. The molecule has 1 aliphatic rings. The van der Waals surface area contributed by atoms with Crippen molar-refractivity contribution in [2.75, 3.05) is 24.7 Å². The van der Waals surface area contributed by atoms with E-state index in [9.17, 15) is 13.2 Å². The molecule has 2 aromatic carbocycles. The number of rotatable bonds is 8. The number of aromatic nitrogens is 1. The molecule has 35 heavy (non-hydrogen) atoms. The number of anilines is 1. The molecule has 9 heteroatoms. The number of carbonyl (C=O) groups is 1. The van der Waals surface area contributed by atoms with Gasteiger partial charge in [0.1, 0.15) is 10.8 Å². The molecule has 1 aliphatic heterocycles. The van der Waals surface area contributed by atoms with E-state index >= 15 is 0 Å². The van der Waals surface area contributed by atoms with Crippen LogP contribution in [0.5, 0.6) is 5.75 Å². The first kappa shape index (κ1) is 25.5. The average Bonchev–Trinajstić information content (AvgIpc) is 2.87. The topological polar surface area (TPSA) is 88.6 Å². The highest BCUT2D eigenvalue weighted by Gasteiger charge is 2.32. The summed E-state index contributed by atoms with van der Waals surface area (Å²) in [6.45, 7) is 4.56. The summed E-state index contributed by atoms with van der Waals surface area (Å²) in [5.41, 5.74) is 2.40. The van der Waals surface area contributed by atoms with Gasteiger partial charge >= 0.3 is 0 Å². The second kappa shape index (κ2) is 11.0. The number of benzene rings is 2. The van der Waals surface area contributed by atoms with Crippen LogP contribution in [-0.4, -0.2) is 49.1 Å². The van der Waals surface area contributed by atoms with Crippen molar-refractivity contribution < 1.29 is 17.9 Å². The molecule has 0 spiro atoms. The highest BCUT2D eigenvalue weighted by atomic mass is 32.2. The highest BCUT2D eigenvalue weighted by molar-refractivity contribution is 8.00. The normalized spacial score (nSPS) is 16.8. The van der Waals surface area contributed by atoms with Gasteiger partial charge in [-0.15, -0.1) is 0 Å². The summed E-state index contributed by atoms with van der Waals surface area (Å²) >= 11 is 1.37. The SMILES string of the molecule is CC[C@@H]1CCCCN1S(=O)(=O)c1ccc(NC(=O)CSc2nc3ccc(OC)cc3cc2C)cc1. The Bertz CT molecular complexity index is 1310. The predicted molar refractivity (Wildman–Crippen MR) is 141 cm³/mol. The Morgan fingerprint density at radius 3 is 2.66 bits per heavy atom. The van der Waals surface area contributed by atoms with Gasteiger partial charge in [-0.2, -0.15) is 4.31 Å². The van der Waals surface area contributed by atoms with Gasteiger partial charge in [0.15, 0.2) is 0 Å². The molecule has 1 aromatic heterocycles. The predicted octanol–water partition coefficient (Wildman–Crippen LogP) is 5.24. The lowest BCUT2D eigenvalue weighted by Gasteiger charge is -2.34. The first-order valence-corrected chi connectivity index (χ1v) is 14.2. The van der Waals surface area contributed by atoms with Crippen LogP contribution in [0, 0.1) is 6.92 Å². The van der Waals surface area contributed by atoms with Crippen LogP contribution >= 0.6 is 11.8 Å². The number of piperidine rings is 1. The summed E-state index contributed by atoms with van der Waals surface area (Å²) in [7, 11) is -1.91. The van der Waals surface area contributed by atoms with Crippen molar-refractivity contribution in [2.45, 2.75) is 55.5 Å². The van der Waals surface area contributed by atoms with Gasteiger partial charge in [0, 0.05) is 23.7 Å². The number of ether oxygens (including phenoxy) is 1. The number of carbonyl (C=O) groups excluding carboxylic acids is 1. The molecule has 7 nitrogen and oxygen atoms in total. The molecule has 1 saturated heterocycles. The fourth-order valence-electron chi connectivity index (χ4n) is 4.39. The van der Waals surface area contributed by atoms with Gasteiger partial charge in [-0.3, -0.25) is 4.79 Å². The molecule has 0 unspecified atom stereocenters. The summed E-state index contributed by atoms with van der Waals surface area (Å²) in [6, 6.07) is 14.2. The maximum Gasteiger partial charge on any atom is 0.243 e. The Balaban J connectivity index is 1.39. The van der Waals surface area contributed by atoms with E-state index in [1.54, 1.807) is 35.7 Å². The van der Waals surface area contributed by atoms with Crippen LogP contribution in [-0.2, 0) is 14.8 Å². The minimum absolute atomic E-state index is 0.0550. The van der Waals surface area contributed by atoms with Gasteiger partial charge in [-0.25, -0.2) is 13.4 Å². The van der Waals surface area contributed by atoms with E-state index in [0.29, 0.717) is 12.2 Å². The van der Waals surface area contributed by atoms with Crippen LogP contribution in [0.15, 0.2) is 58.5 Å². The molecular weight excluding hydrogens is 482 g/mol. The number of hydrogen-bond donors (Lipinski definition) is 1. The molecule has 4 rings (SSSR count). The number of hydrogen-bond acceptors (Lipinski definition) is 6. The van der Waals surface area contributed by atoms with Gasteiger partial charge in [0.05, 0.1) is 23.3 Å². The molecule has 0 radical (unpaired) electrons. The quantitative estimate of drug-likeness (QED) is 0.415. The molecule has 0 saturated carbocycles. The standard InChI is InChI=1S/C26H31N3O4S2/c1-4-21-7-5-6-14-29(21)35(31,32)23-11-8-20(9-12-23)27-25(30)17-34-26-18(2)15-19-16-22(33-3)10-13-24(19)28-26/h8-13,15-16,21H,4-7,14,17H2,1-3H3,(H,27,30)/t21-/m1/s1. The number of nitrogens with zero attached hydrogens (tertiary/aromatic N) is 2. The lowest BCUT2D eigenvalue weighted by atomic mass is 10.0. The first-order valence-electron chi connectivity index (χ1n) is 11.8. The van der Waals surface area contributed by atoms with Crippen molar-refractivity contribution >= 4 is 44.3 Å². The number of fused-ring (bicyclic) bond motifs is 1. The van der Waals surface area contributed by atoms with Crippen LogP contribution in [0.2, 0.25) is 0 Å². The van der Waals surface area contributed by atoms with E-state index in [-0.39, 0.29) is 22.6 Å². The van der Waals surface area contributed by atoms with Gasteiger partial charge in [0.25, 0.3) is 0 Å². The number of sulfonamides is 1. The second-order valence-electron chi connectivity index (χ2n) is 8.70. The molecule has 186 valence electrons. The zero-order chi connectivity index (χ0) is 25.0. The van der Waals surface area contributed by atoms with E-state index in [4.69, 9.17) is 4.74 Å². The Hall–Kier alpha value is -2.62. The Kier molecular flexibility index (Phi) is 7.98. The molecule has 1 N–H and O–H groups in total. The third-order valence-corrected chi connectivity index (χ3v) is 9.35. The lowest BCUT2D eigenvalue weighted by molar-refractivity contribution is -0.113. The first-order chi connectivity index (χ1) is 16.8. The Labute approximate surface area is 211 Å². The smallest absolute Gasteiger partial charge is 0.243 e. The largest absolute Gasteiger partial charge is 0.497 e. The zero-order valence-corrected chi connectivity index (χ0v) is 21.9. The second-order valence-corrected chi connectivity index (χ2v) is 11.6. The molecular formula is C26H31N3O4S2. The maximum atomic E-state index is 13.1. The van der Waals surface area contributed by atoms with E-state index in [1.165, 1.54) is 11.8 Å². The number of methoxy groups -OCH3 is 1. The highest BCUT2D eigenvalue weighted by Crippen LogP contribution is 2.29. The average molecular weight is 514 g/mol. The van der Waals surface area contributed by atoms with Gasteiger partial charge < -0.3 is 10.1 Å². The third kappa shape index (κ3) is 5.79. The number of thioether (sulfide) groups is 1. The van der Waals surface area contributed by atoms with Crippen molar-refractivity contribution in [1.82, 2.24) is 9.29 Å². The van der Waals surface area contributed by atoms with Crippen LogP contribution < -0.4 is 10.1 Å². The van der Waals surface area contributed by atoms with Crippen LogP contribution in [0.3, 0.4) is 0 Å². The maximum absolute atomic E-state index is 13.1. The molecule has 0 bridgehead atoms. The fraction of sp³-hybridized carbons (Fsp3) is 0.385. The molecule has 1 atom stereocenters. The number of aryl methyl sites for hydroxylation is 1. The minimum Gasteiger partial charge on any atom is -0.497 e. The summed E-state index contributed by atoms with van der Waals surface area (Å²) in [4.78, 5) is 17.5. The molecule has 3 aromatic rings. The molecule has 0 aliphatic carbocycles. The molecule has 1 fully saturated rings. The van der Waals surface area contributed by atoms with Crippen molar-refractivity contribution in [3.8, 4) is 5.75 Å². The van der Waals surface area contributed by atoms with Gasteiger partial charge in [-0.1, -0.05) is 25.1 Å². The van der Waals surface area contributed by atoms with E-state index in [0.717, 1.165) is 52.9 Å². The van der Waals surface area contributed by atoms with E-state index < -0.39 is 10.0 Å². The van der Waals surface area contributed by atoms with Gasteiger partial charge in [-0.05, 0) is 80.3 Å². The molecule has 1 amide bonds. The van der Waals surface area contributed by atoms with Crippen molar-refractivity contribution in [3.63, 3.8) is 0 Å². The summed E-state index contributed by atoms with van der Waals surface area (Å²) in [6.07, 6.45) is 3.67. The lowest BCUT2D eigenvalue weighted by Crippen LogP contribution is -2.43. The van der Waals surface area contributed by atoms with Gasteiger partial charge in [0.2, 0.25) is 15.9 Å². The van der Waals surface area contributed by atoms with E-state index in [2.05, 4.69) is 10.3 Å². The Morgan fingerprint density at radius 2 is 1.94 bits per heavy atom. The van der Waals surface area contributed by atoms with Crippen molar-refractivity contribution in [1.29, 1.82) is 0 Å². The van der Waals surface area contributed by atoms with Crippen LogP contribution in [0.1, 0.15) is 38.2 Å².